The van der Waals surface area contributed by atoms with Crippen molar-refractivity contribution in [1.29, 1.82) is 0 Å². The molecule has 0 aliphatic carbocycles. The molecular formula is C11H19N3O3S. The number of anilines is 1. The summed E-state index contributed by atoms with van der Waals surface area (Å²) >= 11 is 0. The molecule has 0 fully saturated rings. The predicted octanol–water partition coefficient (Wildman–Crippen LogP) is 0.828. The molecule has 2 N–H and O–H groups in total. The molecule has 1 aromatic rings. The van der Waals surface area contributed by atoms with Gasteiger partial charge in [-0.15, -0.1) is 0 Å². The average molecular weight is 273 g/mol. The first-order valence-electron chi connectivity index (χ1n) is 5.87. The van der Waals surface area contributed by atoms with Gasteiger partial charge in [-0.1, -0.05) is 6.92 Å². The number of hydrogen-bond acceptors (Lipinski definition) is 5. The topological polar surface area (TPSA) is 80.3 Å². The SMILES string of the molecule is CCNS(=O)(=O)c1ccc(NCCOCC)cn1. The third-order valence-electron chi connectivity index (χ3n) is 2.13. The van der Waals surface area contributed by atoms with Crippen molar-refractivity contribution in [3.63, 3.8) is 0 Å². The molecule has 1 aromatic heterocycles. The Hall–Kier alpha value is -1.18. The van der Waals surface area contributed by atoms with E-state index in [4.69, 9.17) is 4.74 Å². The van der Waals surface area contributed by atoms with Crippen LogP contribution >= 0.6 is 0 Å². The average Bonchev–Trinajstić information content (AvgIpc) is 2.35. The maximum atomic E-state index is 11.6. The molecule has 1 rings (SSSR count). The van der Waals surface area contributed by atoms with Crippen LogP contribution in [0.1, 0.15) is 13.8 Å². The van der Waals surface area contributed by atoms with Crippen LogP contribution < -0.4 is 10.0 Å². The van der Waals surface area contributed by atoms with Crippen molar-refractivity contribution in [2.75, 3.05) is 31.6 Å². The smallest absolute Gasteiger partial charge is 0.258 e. The van der Waals surface area contributed by atoms with Crippen LogP contribution in [0.4, 0.5) is 5.69 Å². The third kappa shape index (κ3) is 4.59. The second-order valence-electron chi connectivity index (χ2n) is 3.51. The number of sulfonamides is 1. The maximum absolute atomic E-state index is 11.6. The van der Waals surface area contributed by atoms with Crippen LogP contribution in [0, 0.1) is 0 Å². The van der Waals surface area contributed by atoms with Crippen LogP contribution in [0.25, 0.3) is 0 Å². The van der Waals surface area contributed by atoms with E-state index in [1.807, 2.05) is 6.92 Å². The lowest BCUT2D eigenvalue weighted by Gasteiger charge is -2.07. The first kappa shape index (κ1) is 14.9. The van der Waals surface area contributed by atoms with Crippen LogP contribution in [0.2, 0.25) is 0 Å². The van der Waals surface area contributed by atoms with Gasteiger partial charge in [0, 0.05) is 19.7 Å². The van der Waals surface area contributed by atoms with Crippen molar-refractivity contribution in [2.45, 2.75) is 18.9 Å². The lowest BCUT2D eigenvalue weighted by Crippen LogP contribution is -2.24. The highest BCUT2D eigenvalue weighted by molar-refractivity contribution is 7.89. The molecule has 0 bridgehead atoms. The van der Waals surface area contributed by atoms with Crippen molar-refractivity contribution in [2.24, 2.45) is 0 Å². The van der Waals surface area contributed by atoms with Crippen molar-refractivity contribution in [3.05, 3.63) is 18.3 Å². The molecule has 0 saturated carbocycles. The van der Waals surface area contributed by atoms with E-state index in [2.05, 4.69) is 15.0 Å². The Bertz CT molecular complexity index is 445. The molecule has 0 unspecified atom stereocenters. The highest BCUT2D eigenvalue weighted by atomic mass is 32.2. The number of nitrogens with zero attached hydrogens (tertiary/aromatic N) is 1. The number of hydrogen-bond donors (Lipinski definition) is 2. The molecule has 18 heavy (non-hydrogen) atoms. The van der Waals surface area contributed by atoms with Crippen LogP contribution in [-0.4, -0.2) is 39.7 Å². The minimum atomic E-state index is -3.47. The molecule has 0 radical (unpaired) electrons. The lowest BCUT2D eigenvalue weighted by atomic mass is 10.4. The molecule has 1 heterocycles. The van der Waals surface area contributed by atoms with Gasteiger partial charge in [0.2, 0.25) is 0 Å². The van der Waals surface area contributed by atoms with Gasteiger partial charge in [0.15, 0.2) is 5.03 Å². The highest BCUT2D eigenvalue weighted by Crippen LogP contribution is 2.09. The largest absolute Gasteiger partial charge is 0.381 e. The number of aromatic nitrogens is 1. The fourth-order valence-corrected chi connectivity index (χ4v) is 2.29. The van der Waals surface area contributed by atoms with Gasteiger partial charge in [0.05, 0.1) is 18.5 Å². The zero-order valence-corrected chi connectivity index (χ0v) is 11.5. The predicted molar refractivity (Wildman–Crippen MR) is 70.1 cm³/mol. The van der Waals surface area contributed by atoms with Gasteiger partial charge in [-0.25, -0.2) is 18.1 Å². The summed E-state index contributed by atoms with van der Waals surface area (Å²) in [6.07, 6.45) is 1.50. The van der Waals surface area contributed by atoms with Gasteiger partial charge >= 0.3 is 0 Å². The van der Waals surface area contributed by atoms with Crippen LogP contribution in [-0.2, 0) is 14.8 Å². The summed E-state index contributed by atoms with van der Waals surface area (Å²) in [5.74, 6) is 0. The standard InChI is InChI=1S/C11H19N3O3S/c1-3-14-18(15,16)11-6-5-10(9-13-11)12-7-8-17-4-2/h5-6,9,12,14H,3-4,7-8H2,1-2H3. The lowest BCUT2D eigenvalue weighted by molar-refractivity contribution is 0.158. The number of rotatable bonds is 8. The highest BCUT2D eigenvalue weighted by Gasteiger charge is 2.13. The van der Waals surface area contributed by atoms with E-state index < -0.39 is 10.0 Å². The molecule has 7 heteroatoms. The summed E-state index contributed by atoms with van der Waals surface area (Å²) in [7, 11) is -3.47. The minimum absolute atomic E-state index is 0.0275. The van der Waals surface area contributed by atoms with Crippen molar-refractivity contribution >= 4 is 15.7 Å². The van der Waals surface area contributed by atoms with Crippen LogP contribution in [0.5, 0.6) is 0 Å². The van der Waals surface area contributed by atoms with Gasteiger partial charge in [0.1, 0.15) is 0 Å². The summed E-state index contributed by atoms with van der Waals surface area (Å²) in [5, 5.41) is 3.11. The Balaban J connectivity index is 2.57. The Morgan fingerprint density at radius 3 is 2.67 bits per heavy atom. The minimum Gasteiger partial charge on any atom is -0.381 e. The van der Waals surface area contributed by atoms with Gasteiger partial charge in [-0.2, -0.15) is 0 Å². The first-order chi connectivity index (χ1) is 8.60. The summed E-state index contributed by atoms with van der Waals surface area (Å²) in [4.78, 5) is 3.91. The normalized spacial score (nSPS) is 11.4. The van der Waals surface area contributed by atoms with E-state index in [9.17, 15) is 8.42 Å². The second kappa shape index (κ2) is 7.30. The second-order valence-corrected chi connectivity index (χ2v) is 5.22. The Morgan fingerprint density at radius 2 is 2.11 bits per heavy atom. The number of nitrogens with one attached hydrogen (secondary N) is 2. The zero-order chi connectivity index (χ0) is 13.4. The Kier molecular flexibility index (Phi) is 6.03. The molecule has 0 amide bonds. The molecule has 0 atom stereocenters. The maximum Gasteiger partial charge on any atom is 0.258 e. The van der Waals surface area contributed by atoms with Crippen molar-refractivity contribution < 1.29 is 13.2 Å². The Labute approximate surface area is 108 Å². The van der Waals surface area contributed by atoms with Crippen LogP contribution in [0.15, 0.2) is 23.4 Å². The zero-order valence-electron chi connectivity index (χ0n) is 10.6. The van der Waals surface area contributed by atoms with Gasteiger partial charge < -0.3 is 10.1 Å². The molecule has 0 saturated heterocycles. The van der Waals surface area contributed by atoms with E-state index >= 15 is 0 Å². The summed E-state index contributed by atoms with van der Waals surface area (Å²) in [5.41, 5.74) is 0.769. The summed E-state index contributed by atoms with van der Waals surface area (Å²) < 4.78 is 30.8. The van der Waals surface area contributed by atoms with E-state index in [0.29, 0.717) is 26.3 Å². The fraction of sp³-hybridized carbons (Fsp3) is 0.545. The Morgan fingerprint density at radius 1 is 1.33 bits per heavy atom. The van der Waals surface area contributed by atoms with Crippen LogP contribution in [0.3, 0.4) is 0 Å². The molecular weight excluding hydrogens is 254 g/mol. The van der Waals surface area contributed by atoms with Gasteiger partial charge in [-0.05, 0) is 19.1 Å². The molecule has 0 aliphatic heterocycles. The molecule has 0 aromatic carbocycles. The molecule has 102 valence electrons. The number of pyridine rings is 1. The van der Waals surface area contributed by atoms with E-state index in [1.165, 1.54) is 12.3 Å². The summed E-state index contributed by atoms with van der Waals surface area (Å²) in [6.45, 7) is 5.95. The van der Waals surface area contributed by atoms with E-state index in [-0.39, 0.29) is 5.03 Å². The van der Waals surface area contributed by atoms with Gasteiger partial charge in [0.25, 0.3) is 10.0 Å². The number of ether oxygens (including phenoxy) is 1. The van der Waals surface area contributed by atoms with Crippen molar-refractivity contribution in [1.82, 2.24) is 9.71 Å². The molecule has 0 aliphatic rings. The fourth-order valence-electron chi connectivity index (χ4n) is 1.32. The van der Waals surface area contributed by atoms with E-state index in [1.54, 1.807) is 13.0 Å². The molecule has 0 spiro atoms. The molecule has 6 nitrogen and oxygen atoms in total. The van der Waals surface area contributed by atoms with Crippen molar-refractivity contribution in [3.8, 4) is 0 Å². The third-order valence-corrected chi connectivity index (χ3v) is 3.59. The van der Waals surface area contributed by atoms with Gasteiger partial charge in [-0.3, -0.25) is 0 Å². The quantitative estimate of drug-likeness (QED) is 0.686. The monoisotopic (exact) mass is 273 g/mol. The summed E-state index contributed by atoms with van der Waals surface area (Å²) in [6, 6.07) is 3.16. The van der Waals surface area contributed by atoms with E-state index in [0.717, 1.165) is 5.69 Å². The first-order valence-corrected chi connectivity index (χ1v) is 7.35.